The van der Waals surface area contributed by atoms with Crippen LogP contribution in [0.4, 0.5) is 4.39 Å². The first-order valence-electron chi connectivity index (χ1n) is 5.77. The molecule has 0 aliphatic heterocycles. The molecule has 1 aromatic heterocycles. The summed E-state index contributed by atoms with van der Waals surface area (Å²) in [5, 5.41) is 13.5. The number of aromatic nitrogens is 4. The molecule has 1 heterocycles. The van der Waals surface area contributed by atoms with E-state index < -0.39 is 6.04 Å². The van der Waals surface area contributed by atoms with E-state index in [9.17, 15) is 4.39 Å². The maximum atomic E-state index is 14.0. The fourth-order valence-electron chi connectivity index (χ4n) is 2.08. The Morgan fingerprint density at radius 2 is 2.06 bits per heavy atom. The molecule has 0 amide bonds. The van der Waals surface area contributed by atoms with Gasteiger partial charge in [-0.25, -0.2) is 4.39 Å². The minimum Gasteiger partial charge on any atom is -0.321 e. The van der Waals surface area contributed by atoms with Gasteiger partial charge >= 0.3 is 0 Å². The Balaban J connectivity index is 2.40. The first-order chi connectivity index (χ1) is 8.52. The van der Waals surface area contributed by atoms with Gasteiger partial charge in [0.05, 0.1) is 6.04 Å². The van der Waals surface area contributed by atoms with Crippen molar-refractivity contribution >= 4 is 0 Å². The van der Waals surface area contributed by atoms with Crippen LogP contribution in [0.5, 0.6) is 0 Å². The van der Waals surface area contributed by atoms with E-state index in [2.05, 4.69) is 20.6 Å². The van der Waals surface area contributed by atoms with Crippen molar-refractivity contribution < 1.29 is 4.39 Å². The summed E-state index contributed by atoms with van der Waals surface area (Å²) in [6.45, 7) is 5.71. The number of hydrogen-bond acceptors (Lipinski definition) is 4. The summed E-state index contributed by atoms with van der Waals surface area (Å²) in [7, 11) is 0. The zero-order valence-corrected chi connectivity index (χ0v) is 10.6. The smallest absolute Gasteiger partial charge is 0.191 e. The van der Waals surface area contributed by atoms with Crippen molar-refractivity contribution in [1.29, 1.82) is 0 Å². The molecule has 0 saturated heterocycles. The average molecular weight is 249 g/mol. The van der Waals surface area contributed by atoms with Gasteiger partial charge in [0.1, 0.15) is 5.82 Å². The molecule has 0 bridgehead atoms. The third-order valence-corrected chi connectivity index (χ3v) is 3.39. The lowest BCUT2D eigenvalue weighted by Crippen LogP contribution is -2.21. The molecule has 2 rings (SSSR count). The van der Waals surface area contributed by atoms with Crippen LogP contribution in [0, 0.1) is 19.7 Å². The van der Waals surface area contributed by atoms with Crippen molar-refractivity contribution in [3.05, 3.63) is 40.5 Å². The first kappa shape index (κ1) is 12.6. The van der Waals surface area contributed by atoms with Crippen molar-refractivity contribution in [2.75, 3.05) is 0 Å². The number of nitrogens with zero attached hydrogens (tertiary/aromatic N) is 3. The molecule has 18 heavy (non-hydrogen) atoms. The van der Waals surface area contributed by atoms with Crippen LogP contribution in [0.15, 0.2) is 12.1 Å². The second kappa shape index (κ2) is 4.81. The van der Waals surface area contributed by atoms with Gasteiger partial charge in [-0.05, 0) is 36.6 Å². The number of rotatable bonds is 3. The number of tetrazole rings is 1. The highest BCUT2D eigenvalue weighted by molar-refractivity contribution is 5.37. The molecule has 5 nitrogen and oxygen atoms in total. The number of benzene rings is 1. The van der Waals surface area contributed by atoms with Gasteiger partial charge in [0, 0.05) is 5.92 Å². The highest BCUT2D eigenvalue weighted by Gasteiger charge is 2.24. The molecule has 0 aliphatic rings. The lowest BCUT2D eigenvalue weighted by Gasteiger charge is -2.21. The third kappa shape index (κ3) is 2.11. The highest BCUT2D eigenvalue weighted by Crippen LogP contribution is 2.32. The standard InChI is InChI=1S/C12H16FN5/c1-6-4-5-9(13)10(7(6)2)8(3)11(14)12-15-17-18-16-12/h4-5,8,11H,14H2,1-3H3,(H,15,16,17,18). The van der Waals surface area contributed by atoms with Gasteiger partial charge in [0.2, 0.25) is 0 Å². The first-order valence-corrected chi connectivity index (χ1v) is 5.77. The molecule has 0 spiro atoms. The van der Waals surface area contributed by atoms with E-state index in [4.69, 9.17) is 5.73 Å². The largest absolute Gasteiger partial charge is 0.321 e. The zero-order valence-electron chi connectivity index (χ0n) is 10.6. The average Bonchev–Trinajstić information content (AvgIpc) is 2.87. The van der Waals surface area contributed by atoms with Crippen LogP contribution in [0.25, 0.3) is 0 Å². The highest BCUT2D eigenvalue weighted by atomic mass is 19.1. The van der Waals surface area contributed by atoms with E-state index in [1.807, 2.05) is 20.8 Å². The zero-order chi connectivity index (χ0) is 13.3. The van der Waals surface area contributed by atoms with Crippen LogP contribution in [0.1, 0.15) is 41.4 Å². The van der Waals surface area contributed by atoms with E-state index in [1.165, 1.54) is 6.07 Å². The van der Waals surface area contributed by atoms with Gasteiger partial charge in [-0.1, -0.05) is 18.2 Å². The minimum absolute atomic E-state index is 0.220. The molecule has 3 N–H and O–H groups in total. The summed E-state index contributed by atoms with van der Waals surface area (Å²) in [5.74, 6) is -0.0742. The summed E-state index contributed by atoms with van der Waals surface area (Å²) < 4.78 is 14.0. The maximum absolute atomic E-state index is 14.0. The van der Waals surface area contributed by atoms with Gasteiger partial charge in [-0.15, -0.1) is 10.2 Å². The SMILES string of the molecule is Cc1ccc(F)c(C(C)C(N)c2nn[nH]n2)c1C. The fourth-order valence-corrected chi connectivity index (χ4v) is 2.08. The molecular formula is C12H16FN5. The van der Waals surface area contributed by atoms with E-state index in [0.29, 0.717) is 11.4 Å². The third-order valence-electron chi connectivity index (χ3n) is 3.39. The van der Waals surface area contributed by atoms with Crippen molar-refractivity contribution in [2.45, 2.75) is 32.7 Å². The monoisotopic (exact) mass is 249 g/mol. The summed E-state index contributed by atoms with van der Waals surface area (Å²) >= 11 is 0. The Kier molecular flexibility index (Phi) is 3.38. The number of halogens is 1. The van der Waals surface area contributed by atoms with Gasteiger partial charge in [-0.2, -0.15) is 5.21 Å². The Morgan fingerprint density at radius 3 is 2.67 bits per heavy atom. The van der Waals surface area contributed by atoms with E-state index in [0.717, 1.165) is 11.1 Å². The number of H-pyrrole nitrogens is 1. The Bertz CT molecular complexity index is 538. The summed E-state index contributed by atoms with van der Waals surface area (Å²) in [5.41, 5.74) is 8.63. The number of aromatic amines is 1. The lowest BCUT2D eigenvalue weighted by molar-refractivity contribution is 0.522. The van der Waals surface area contributed by atoms with E-state index in [1.54, 1.807) is 6.07 Å². The molecule has 2 aromatic rings. The van der Waals surface area contributed by atoms with Crippen LogP contribution in [-0.4, -0.2) is 20.6 Å². The van der Waals surface area contributed by atoms with E-state index >= 15 is 0 Å². The molecule has 2 unspecified atom stereocenters. The number of nitrogens with one attached hydrogen (secondary N) is 1. The van der Waals surface area contributed by atoms with Gasteiger partial charge < -0.3 is 5.73 Å². The predicted molar refractivity (Wildman–Crippen MR) is 65.4 cm³/mol. The van der Waals surface area contributed by atoms with Crippen LogP contribution < -0.4 is 5.73 Å². The minimum atomic E-state index is -0.487. The van der Waals surface area contributed by atoms with Crippen molar-refractivity contribution in [1.82, 2.24) is 20.6 Å². The molecule has 0 radical (unpaired) electrons. The fraction of sp³-hybridized carbons (Fsp3) is 0.417. The van der Waals surface area contributed by atoms with E-state index in [-0.39, 0.29) is 11.7 Å². The number of hydrogen-bond donors (Lipinski definition) is 2. The van der Waals surface area contributed by atoms with Crippen LogP contribution in [0.2, 0.25) is 0 Å². The number of aryl methyl sites for hydroxylation is 1. The van der Waals surface area contributed by atoms with Crippen LogP contribution >= 0.6 is 0 Å². The topological polar surface area (TPSA) is 80.5 Å². The summed E-state index contributed by atoms with van der Waals surface area (Å²) in [4.78, 5) is 0. The molecule has 2 atom stereocenters. The molecule has 1 aromatic carbocycles. The Morgan fingerprint density at radius 1 is 1.33 bits per heavy atom. The number of nitrogens with two attached hydrogens (primary N) is 1. The summed E-state index contributed by atoms with van der Waals surface area (Å²) in [6.07, 6.45) is 0. The van der Waals surface area contributed by atoms with Crippen molar-refractivity contribution in [3.63, 3.8) is 0 Å². The molecule has 0 aliphatic carbocycles. The summed E-state index contributed by atoms with van der Waals surface area (Å²) in [6, 6.07) is 2.75. The van der Waals surface area contributed by atoms with Gasteiger partial charge in [-0.3, -0.25) is 0 Å². The molecule has 0 saturated carbocycles. The molecule has 6 heteroatoms. The quantitative estimate of drug-likeness (QED) is 0.868. The van der Waals surface area contributed by atoms with Crippen molar-refractivity contribution in [2.24, 2.45) is 5.73 Å². The molecule has 96 valence electrons. The molecule has 0 fully saturated rings. The second-order valence-corrected chi connectivity index (χ2v) is 4.49. The Labute approximate surface area is 105 Å². The maximum Gasteiger partial charge on any atom is 0.191 e. The van der Waals surface area contributed by atoms with Crippen LogP contribution in [0.3, 0.4) is 0 Å². The normalized spacial score (nSPS) is 14.5. The van der Waals surface area contributed by atoms with Gasteiger partial charge in [0.25, 0.3) is 0 Å². The Hall–Kier alpha value is -1.82. The second-order valence-electron chi connectivity index (χ2n) is 4.49. The lowest BCUT2D eigenvalue weighted by atomic mass is 9.88. The van der Waals surface area contributed by atoms with Gasteiger partial charge in [0.15, 0.2) is 5.82 Å². The predicted octanol–water partition coefficient (Wildman–Crippen LogP) is 1.76. The van der Waals surface area contributed by atoms with Crippen molar-refractivity contribution in [3.8, 4) is 0 Å². The van der Waals surface area contributed by atoms with Crippen LogP contribution in [-0.2, 0) is 0 Å². The molecular weight excluding hydrogens is 233 g/mol.